The van der Waals surface area contributed by atoms with Crippen molar-refractivity contribution in [3.8, 4) is 0 Å². The highest BCUT2D eigenvalue weighted by molar-refractivity contribution is 5.93. The average molecular weight is 216 g/mol. The molecule has 1 aromatic rings. The van der Waals surface area contributed by atoms with E-state index in [1.54, 1.807) is 6.08 Å². The van der Waals surface area contributed by atoms with Crippen molar-refractivity contribution in [3.63, 3.8) is 0 Å². The van der Waals surface area contributed by atoms with Crippen molar-refractivity contribution in [2.75, 3.05) is 7.11 Å². The Hall–Kier alpha value is -1.83. The molecule has 0 atom stereocenters. The van der Waals surface area contributed by atoms with Crippen LogP contribution in [0.25, 0.3) is 6.08 Å². The second-order valence-electron chi connectivity index (χ2n) is 3.40. The third-order valence-corrected chi connectivity index (χ3v) is 2.21. The van der Waals surface area contributed by atoms with Crippen LogP contribution in [-0.4, -0.2) is 13.1 Å². The Bertz CT molecular complexity index is 377. The molecule has 0 saturated heterocycles. The molecule has 0 aliphatic rings. The molecule has 0 fully saturated rings. The van der Waals surface area contributed by atoms with Crippen LogP contribution in [-0.2, 0) is 9.53 Å². The highest BCUT2D eigenvalue weighted by Gasteiger charge is 2.08. The first-order chi connectivity index (χ1) is 7.77. The van der Waals surface area contributed by atoms with Crippen LogP contribution in [0.4, 0.5) is 0 Å². The van der Waals surface area contributed by atoms with Gasteiger partial charge in [-0.25, -0.2) is 4.79 Å². The summed E-state index contributed by atoms with van der Waals surface area (Å²) in [6.45, 7) is 3.65. The van der Waals surface area contributed by atoms with Crippen LogP contribution in [0.5, 0.6) is 0 Å². The molecule has 0 radical (unpaired) electrons. The van der Waals surface area contributed by atoms with E-state index in [1.165, 1.54) is 7.11 Å². The van der Waals surface area contributed by atoms with E-state index in [0.29, 0.717) is 12.0 Å². The van der Waals surface area contributed by atoms with Gasteiger partial charge in [0.1, 0.15) is 0 Å². The van der Waals surface area contributed by atoms with Gasteiger partial charge < -0.3 is 4.74 Å². The van der Waals surface area contributed by atoms with Gasteiger partial charge in [0.15, 0.2) is 0 Å². The van der Waals surface area contributed by atoms with Crippen LogP contribution in [0.1, 0.15) is 18.4 Å². The van der Waals surface area contributed by atoms with Crippen LogP contribution in [0, 0.1) is 0 Å². The van der Waals surface area contributed by atoms with Crippen molar-refractivity contribution in [1.82, 2.24) is 0 Å². The van der Waals surface area contributed by atoms with Gasteiger partial charge >= 0.3 is 5.97 Å². The van der Waals surface area contributed by atoms with E-state index in [9.17, 15) is 4.79 Å². The van der Waals surface area contributed by atoms with E-state index in [1.807, 2.05) is 36.4 Å². The van der Waals surface area contributed by atoms with Gasteiger partial charge in [0.25, 0.3) is 0 Å². The van der Waals surface area contributed by atoms with Gasteiger partial charge in [0.2, 0.25) is 0 Å². The van der Waals surface area contributed by atoms with Crippen LogP contribution >= 0.6 is 0 Å². The van der Waals surface area contributed by atoms with Gasteiger partial charge in [-0.1, -0.05) is 36.4 Å². The number of carbonyl (C=O) groups excluding carboxylic acids is 1. The average Bonchev–Trinajstić information content (AvgIpc) is 2.34. The summed E-state index contributed by atoms with van der Waals surface area (Å²) >= 11 is 0. The Morgan fingerprint density at radius 3 is 2.62 bits per heavy atom. The third kappa shape index (κ3) is 3.73. The van der Waals surface area contributed by atoms with Gasteiger partial charge in [0.05, 0.1) is 7.11 Å². The van der Waals surface area contributed by atoms with Gasteiger partial charge in [-0.3, -0.25) is 0 Å². The molecular weight excluding hydrogens is 200 g/mol. The second kappa shape index (κ2) is 6.62. The minimum absolute atomic E-state index is 0.272. The Balaban J connectivity index is 2.87. The summed E-state index contributed by atoms with van der Waals surface area (Å²) in [4.78, 5) is 11.5. The summed E-state index contributed by atoms with van der Waals surface area (Å²) in [6, 6.07) is 9.73. The smallest absolute Gasteiger partial charge is 0.333 e. The number of methoxy groups -OCH3 is 1. The number of carbonyl (C=O) groups is 1. The Labute approximate surface area is 96.2 Å². The van der Waals surface area contributed by atoms with Gasteiger partial charge in [-0.2, -0.15) is 0 Å². The zero-order chi connectivity index (χ0) is 11.8. The number of rotatable bonds is 5. The summed E-state index contributed by atoms with van der Waals surface area (Å²) in [5, 5.41) is 0. The van der Waals surface area contributed by atoms with Crippen LogP contribution in [0.2, 0.25) is 0 Å². The highest BCUT2D eigenvalue weighted by atomic mass is 16.5. The lowest BCUT2D eigenvalue weighted by Gasteiger charge is -2.03. The fourth-order valence-corrected chi connectivity index (χ4v) is 1.37. The van der Waals surface area contributed by atoms with Crippen LogP contribution in [0.3, 0.4) is 0 Å². The zero-order valence-corrected chi connectivity index (χ0v) is 9.48. The monoisotopic (exact) mass is 216 g/mol. The van der Waals surface area contributed by atoms with Crippen molar-refractivity contribution in [1.29, 1.82) is 0 Å². The van der Waals surface area contributed by atoms with Crippen molar-refractivity contribution in [2.45, 2.75) is 12.8 Å². The third-order valence-electron chi connectivity index (χ3n) is 2.21. The van der Waals surface area contributed by atoms with E-state index in [0.717, 1.165) is 12.0 Å². The van der Waals surface area contributed by atoms with E-state index in [-0.39, 0.29) is 5.97 Å². The molecule has 0 aliphatic carbocycles. The summed E-state index contributed by atoms with van der Waals surface area (Å²) in [6.07, 6.45) is 5.08. The first kappa shape index (κ1) is 12.2. The van der Waals surface area contributed by atoms with Crippen LogP contribution in [0.15, 0.2) is 48.6 Å². The first-order valence-corrected chi connectivity index (χ1v) is 5.22. The molecule has 0 N–H and O–H groups in total. The normalized spacial score (nSPS) is 10.9. The molecule has 16 heavy (non-hydrogen) atoms. The molecule has 2 heteroatoms. The molecule has 1 aromatic carbocycles. The summed E-state index contributed by atoms with van der Waals surface area (Å²) in [5.74, 6) is -0.272. The standard InChI is InChI=1S/C14H16O2/c1-3-4-10-13(14(15)16-2)11-12-8-6-5-7-9-12/h3,5-9,11H,1,4,10H2,2H3/b13-11+. The maximum absolute atomic E-state index is 11.5. The van der Waals surface area contributed by atoms with Crippen molar-refractivity contribution < 1.29 is 9.53 Å². The Morgan fingerprint density at radius 2 is 2.06 bits per heavy atom. The van der Waals surface area contributed by atoms with Gasteiger partial charge in [-0.15, -0.1) is 6.58 Å². The van der Waals surface area contributed by atoms with Crippen LogP contribution < -0.4 is 0 Å². The molecular formula is C14H16O2. The lowest BCUT2D eigenvalue weighted by atomic mass is 10.1. The lowest BCUT2D eigenvalue weighted by Crippen LogP contribution is -2.04. The molecule has 0 aliphatic heterocycles. The molecule has 0 unspecified atom stereocenters. The van der Waals surface area contributed by atoms with Crippen molar-refractivity contribution in [3.05, 3.63) is 54.1 Å². The minimum atomic E-state index is -0.272. The molecule has 2 nitrogen and oxygen atoms in total. The van der Waals surface area contributed by atoms with E-state index in [2.05, 4.69) is 6.58 Å². The molecule has 84 valence electrons. The largest absolute Gasteiger partial charge is 0.466 e. The maximum atomic E-state index is 11.5. The van der Waals surface area contributed by atoms with E-state index < -0.39 is 0 Å². The minimum Gasteiger partial charge on any atom is -0.466 e. The fraction of sp³-hybridized carbons (Fsp3) is 0.214. The number of benzene rings is 1. The quantitative estimate of drug-likeness (QED) is 0.429. The molecule has 0 heterocycles. The molecule has 0 aromatic heterocycles. The number of ether oxygens (including phenoxy) is 1. The SMILES string of the molecule is C=CCC/C(=C\c1ccccc1)C(=O)OC. The highest BCUT2D eigenvalue weighted by Crippen LogP contribution is 2.13. The number of hydrogen-bond acceptors (Lipinski definition) is 2. The lowest BCUT2D eigenvalue weighted by molar-refractivity contribution is -0.136. The predicted molar refractivity (Wildman–Crippen MR) is 65.9 cm³/mol. The molecule has 0 amide bonds. The van der Waals surface area contributed by atoms with Gasteiger partial charge in [0, 0.05) is 5.57 Å². The van der Waals surface area contributed by atoms with Gasteiger partial charge in [-0.05, 0) is 24.5 Å². The topological polar surface area (TPSA) is 26.3 Å². The molecule has 0 spiro atoms. The molecule has 1 rings (SSSR count). The van der Waals surface area contributed by atoms with E-state index in [4.69, 9.17) is 4.74 Å². The Morgan fingerprint density at radius 1 is 1.38 bits per heavy atom. The zero-order valence-electron chi connectivity index (χ0n) is 9.48. The van der Waals surface area contributed by atoms with Crippen molar-refractivity contribution in [2.24, 2.45) is 0 Å². The summed E-state index contributed by atoms with van der Waals surface area (Å²) in [7, 11) is 1.40. The predicted octanol–water partition coefficient (Wildman–Crippen LogP) is 3.21. The molecule has 0 bridgehead atoms. The number of allylic oxidation sites excluding steroid dienone is 1. The maximum Gasteiger partial charge on any atom is 0.333 e. The number of hydrogen-bond donors (Lipinski definition) is 0. The fourth-order valence-electron chi connectivity index (χ4n) is 1.37. The van der Waals surface area contributed by atoms with E-state index >= 15 is 0 Å². The number of esters is 1. The molecule has 0 saturated carbocycles. The summed E-state index contributed by atoms with van der Waals surface area (Å²) in [5.41, 5.74) is 1.68. The van der Waals surface area contributed by atoms with Crippen molar-refractivity contribution >= 4 is 12.0 Å². The summed E-state index contributed by atoms with van der Waals surface area (Å²) < 4.78 is 4.74. The first-order valence-electron chi connectivity index (χ1n) is 5.22. The second-order valence-corrected chi connectivity index (χ2v) is 3.40. The Kier molecular flexibility index (Phi) is 5.06.